The second kappa shape index (κ2) is 8.40. The number of rotatable bonds is 10. The molecule has 0 aliphatic carbocycles. The predicted molar refractivity (Wildman–Crippen MR) is 92.7 cm³/mol. The van der Waals surface area contributed by atoms with Crippen molar-refractivity contribution in [2.45, 2.75) is 52.8 Å². The second-order valence-corrected chi connectivity index (χ2v) is 16.1. The Morgan fingerprint density at radius 2 is 1.50 bits per heavy atom. The predicted octanol–water partition coefficient (Wildman–Crippen LogP) is 3.65. The highest BCUT2D eigenvalue weighted by molar-refractivity contribution is 7.97. The van der Waals surface area contributed by atoms with E-state index in [1.54, 1.807) is 13.8 Å². The lowest BCUT2D eigenvalue weighted by Gasteiger charge is -2.36. The highest BCUT2D eigenvalue weighted by Gasteiger charge is 2.38. The molecule has 0 aromatic carbocycles. The quantitative estimate of drug-likeness (QED) is 0.429. The SMILES string of the molecule is CCOP(=O)(CS(=O)(=O)CCO[Si](C)(C)C(C)(C)C)OCC. The van der Waals surface area contributed by atoms with Gasteiger partial charge in [-0.1, -0.05) is 20.8 Å². The fourth-order valence-corrected chi connectivity index (χ4v) is 6.88. The standard InChI is InChI=1S/C13H31O6PSSi/c1-8-17-20(14,18-9-2)12-21(15,16)11-10-19-22(6,7)13(3,4)5/h8-12H2,1-7H3. The van der Waals surface area contributed by atoms with Crippen molar-refractivity contribution >= 4 is 25.8 Å². The third-order valence-corrected chi connectivity index (χ3v) is 13.1. The molecule has 0 aromatic heterocycles. The second-order valence-electron chi connectivity index (χ2n) is 6.63. The van der Waals surface area contributed by atoms with Crippen LogP contribution in [0.25, 0.3) is 0 Å². The van der Waals surface area contributed by atoms with E-state index in [0.29, 0.717) is 0 Å². The molecule has 0 fully saturated rings. The fraction of sp³-hybridized carbons (Fsp3) is 1.00. The molecule has 0 amide bonds. The Balaban J connectivity index is 4.69. The minimum atomic E-state index is -3.59. The number of hydrogen-bond donors (Lipinski definition) is 0. The van der Waals surface area contributed by atoms with Crippen molar-refractivity contribution in [2.75, 3.05) is 31.1 Å². The molecule has 0 aromatic rings. The van der Waals surface area contributed by atoms with Gasteiger partial charge in [-0.25, -0.2) is 8.42 Å². The molecule has 0 bridgehead atoms. The zero-order valence-electron chi connectivity index (χ0n) is 14.8. The van der Waals surface area contributed by atoms with Gasteiger partial charge in [-0.3, -0.25) is 4.57 Å². The van der Waals surface area contributed by atoms with Gasteiger partial charge in [0, 0.05) is 6.61 Å². The fourth-order valence-electron chi connectivity index (χ4n) is 1.45. The van der Waals surface area contributed by atoms with E-state index in [0.717, 1.165) is 0 Å². The molecule has 0 spiro atoms. The summed E-state index contributed by atoms with van der Waals surface area (Å²) in [4.78, 5) is 0. The zero-order valence-corrected chi connectivity index (χ0v) is 17.6. The largest absolute Gasteiger partial charge is 0.416 e. The zero-order chi connectivity index (χ0) is 17.7. The lowest BCUT2D eigenvalue weighted by Crippen LogP contribution is -2.41. The molecule has 0 saturated heterocycles. The van der Waals surface area contributed by atoms with Gasteiger partial charge in [-0.05, 0) is 32.0 Å². The molecule has 0 unspecified atom stereocenters. The Morgan fingerprint density at radius 1 is 1.05 bits per heavy atom. The molecule has 0 rings (SSSR count). The van der Waals surface area contributed by atoms with E-state index >= 15 is 0 Å². The summed E-state index contributed by atoms with van der Waals surface area (Å²) in [5.41, 5.74) is -0.595. The maximum Gasteiger partial charge on any atom is 0.345 e. The Labute approximate surface area is 136 Å². The highest BCUT2D eigenvalue weighted by atomic mass is 32.2. The summed E-state index contributed by atoms with van der Waals surface area (Å²) >= 11 is 0. The van der Waals surface area contributed by atoms with Crippen LogP contribution in [-0.2, 0) is 27.9 Å². The van der Waals surface area contributed by atoms with E-state index in [2.05, 4.69) is 33.9 Å². The highest BCUT2D eigenvalue weighted by Crippen LogP contribution is 2.49. The van der Waals surface area contributed by atoms with Gasteiger partial charge in [-0.2, -0.15) is 0 Å². The van der Waals surface area contributed by atoms with Crippen molar-refractivity contribution in [3.63, 3.8) is 0 Å². The van der Waals surface area contributed by atoms with E-state index in [1.807, 2.05) is 0 Å². The van der Waals surface area contributed by atoms with Gasteiger partial charge in [0.1, 0.15) is 0 Å². The molecule has 0 N–H and O–H groups in total. The van der Waals surface area contributed by atoms with Crippen molar-refractivity contribution < 1.29 is 26.5 Å². The Morgan fingerprint density at radius 3 is 1.86 bits per heavy atom. The molecule has 0 aliphatic rings. The molecule has 134 valence electrons. The van der Waals surface area contributed by atoms with E-state index < -0.39 is 31.2 Å². The number of hydrogen-bond acceptors (Lipinski definition) is 6. The minimum Gasteiger partial charge on any atom is -0.416 e. The molecule has 0 saturated carbocycles. The van der Waals surface area contributed by atoms with Crippen LogP contribution in [0.1, 0.15) is 34.6 Å². The maximum absolute atomic E-state index is 12.3. The molecule has 0 radical (unpaired) electrons. The Kier molecular flexibility index (Phi) is 8.50. The van der Waals surface area contributed by atoms with Crippen LogP contribution in [0, 0.1) is 0 Å². The first-order valence-corrected chi connectivity index (χ1v) is 14.0. The maximum atomic E-state index is 12.3. The third kappa shape index (κ3) is 7.70. The Bertz CT molecular complexity index is 473. The van der Waals surface area contributed by atoms with Crippen LogP contribution in [0.2, 0.25) is 18.1 Å². The molecular weight excluding hydrogens is 343 g/mol. The van der Waals surface area contributed by atoms with Gasteiger partial charge >= 0.3 is 7.60 Å². The topological polar surface area (TPSA) is 78.9 Å². The van der Waals surface area contributed by atoms with Crippen LogP contribution in [0.3, 0.4) is 0 Å². The summed E-state index contributed by atoms with van der Waals surface area (Å²) in [5.74, 6) is -0.177. The van der Waals surface area contributed by atoms with Crippen LogP contribution in [0.15, 0.2) is 0 Å². The van der Waals surface area contributed by atoms with Crippen LogP contribution in [-0.4, -0.2) is 47.8 Å². The van der Waals surface area contributed by atoms with Crippen molar-refractivity contribution in [3.05, 3.63) is 0 Å². The molecule has 22 heavy (non-hydrogen) atoms. The van der Waals surface area contributed by atoms with Crippen molar-refractivity contribution in [3.8, 4) is 0 Å². The summed E-state index contributed by atoms with van der Waals surface area (Å²) in [7, 11) is -9.14. The molecular formula is C13H31O6PSSi. The van der Waals surface area contributed by atoms with Gasteiger partial charge in [0.05, 0.1) is 19.0 Å². The normalized spacial score (nSPS) is 14.3. The van der Waals surface area contributed by atoms with E-state index in [1.165, 1.54) is 0 Å². The van der Waals surface area contributed by atoms with Crippen molar-refractivity contribution in [1.82, 2.24) is 0 Å². The first-order valence-electron chi connectivity index (χ1n) is 7.51. The first-order chi connectivity index (χ1) is 9.79. The first kappa shape index (κ1) is 22.3. The lowest BCUT2D eigenvalue weighted by atomic mass is 10.2. The Hall–Kier alpha value is 0.277. The summed E-state index contributed by atoms with van der Waals surface area (Å²) < 4.78 is 52.5. The van der Waals surface area contributed by atoms with Gasteiger partial charge in [0.25, 0.3) is 0 Å². The van der Waals surface area contributed by atoms with Crippen LogP contribution >= 0.6 is 7.60 Å². The van der Waals surface area contributed by atoms with E-state index in [9.17, 15) is 13.0 Å². The lowest BCUT2D eigenvalue weighted by molar-refractivity contribution is 0.223. The van der Waals surface area contributed by atoms with Gasteiger partial charge < -0.3 is 13.5 Å². The third-order valence-electron chi connectivity index (χ3n) is 3.67. The van der Waals surface area contributed by atoms with Crippen molar-refractivity contribution in [2.24, 2.45) is 0 Å². The average molecular weight is 375 g/mol. The minimum absolute atomic E-state index is 0.0166. The average Bonchev–Trinajstić information content (AvgIpc) is 2.25. The smallest absolute Gasteiger partial charge is 0.345 e. The van der Waals surface area contributed by atoms with Gasteiger partial charge in [0.15, 0.2) is 23.6 Å². The monoisotopic (exact) mass is 374 g/mol. The molecule has 0 aliphatic heterocycles. The summed E-state index contributed by atoms with van der Waals surface area (Å²) in [6, 6.07) is 0. The van der Waals surface area contributed by atoms with Crippen LogP contribution in [0.4, 0.5) is 0 Å². The molecule has 9 heteroatoms. The van der Waals surface area contributed by atoms with E-state index in [4.69, 9.17) is 13.5 Å². The number of sulfone groups is 1. The van der Waals surface area contributed by atoms with Gasteiger partial charge in [0.2, 0.25) is 0 Å². The molecule has 0 atom stereocenters. The van der Waals surface area contributed by atoms with E-state index in [-0.39, 0.29) is 30.6 Å². The van der Waals surface area contributed by atoms with Crippen LogP contribution < -0.4 is 0 Å². The van der Waals surface area contributed by atoms with Crippen molar-refractivity contribution in [1.29, 1.82) is 0 Å². The molecule has 6 nitrogen and oxygen atoms in total. The summed E-state index contributed by atoms with van der Waals surface area (Å²) in [6.45, 7) is 14.1. The summed E-state index contributed by atoms with van der Waals surface area (Å²) in [6.07, 6.45) is 0. The van der Waals surface area contributed by atoms with Gasteiger partial charge in [-0.15, -0.1) is 0 Å². The molecule has 0 heterocycles. The summed E-state index contributed by atoms with van der Waals surface area (Å²) in [5, 5.41) is 0.0166. The van der Waals surface area contributed by atoms with Crippen LogP contribution in [0.5, 0.6) is 0 Å².